The summed E-state index contributed by atoms with van der Waals surface area (Å²) < 4.78 is 10.2. The van der Waals surface area contributed by atoms with Gasteiger partial charge in [0.2, 0.25) is 0 Å². The van der Waals surface area contributed by atoms with Crippen LogP contribution in [-0.4, -0.2) is 39.3 Å². The van der Waals surface area contributed by atoms with Gasteiger partial charge in [0.05, 0.1) is 19.4 Å². The summed E-state index contributed by atoms with van der Waals surface area (Å²) in [5, 5.41) is 6.37. The molecule has 0 saturated carbocycles. The normalized spacial score (nSPS) is 10.7. The van der Waals surface area contributed by atoms with Crippen LogP contribution in [0.1, 0.15) is 5.76 Å². The molecular weight excluding hydrogens is 357 g/mol. The molecule has 0 spiro atoms. The van der Waals surface area contributed by atoms with Crippen molar-refractivity contribution in [3.05, 3.63) is 36.8 Å². The minimum Gasteiger partial charge on any atom is -0.469 e. The van der Waals surface area contributed by atoms with Gasteiger partial charge < -0.3 is 19.8 Å². The standard InChI is InChI=1S/C13H21N3O2.HI/c1-3-7-14-13(16-9-11-17-2)15-8-6-12-5-4-10-18-12;/h3-5,10H,1,6-9,11H2,2H3,(H2,14,15,16);1H. The summed E-state index contributed by atoms with van der Waals surface area (Å²) in [6, 6.07) is 3.85. The summed E-state index contributed by atoms with van der Waals surface area (Å²) in [5.74, 6) is 1.72. The molecule has 6 heteroatoms. The van der Waals surface area contributed by atoms with Gasteiger partial charge in [-0.25, -0.2) is 0 Å². The number of aliphatic imine (C=N–C) groups is 1. The lowest BCUT2D eigenvalue weighted by molar-refractivity contribution is 0.208. The lowest BCUT2D eigenvalue weighted by Crippen LogP contribution is -2.38. The topological polar surface area (TPSA) is 58.8 Å². The molecule has 2 N–H and O–H groups in total. The highest BCUT2D eigenvalue weighted by molar-refractivity contribution is 14.0. The number of nitrogens with zero attached hydrogens (tertiary/aromatic N) is 1. The molecule has 0 aliphatic rings. The summed E-state index contributed by atoms with van der Waals surface area (Å²) in [6.07, 6.45) is 4.30. The minimum atomic E-state index is 0. The van der Waals surface area contributed by atoms with Crippen LogP contribution >= 0.6 is 24.0 Å². The van der Waals surface area contributed by atoms with Crippen molar-refractivity contribution in [2.45, 2.75) is 6.42 Å². The van der Waals surface area contributed by atoms with Gasteiger partial charge in [-0.05, 0) is 12.1 Å². The van der Waals surface area contributed by atoms with E-state index in [1.807, 2.05) is 12.1 Å². The predicted molar refractivity (Wildman–Crippen MR) is 88.2 cm³/mol. The van der Waals surface area contributed by atoms with Crippen LogP contribution in [0.15, 0.2) is 40.5 Å². The SMILES string of the molecule is C=CCNC(=NCCOC)NCCc1ccco1.I. The lowest BCUT2D eigenvalue weighted by atomic mass is 10.3. The number of hydrogen-bond acceptors (Lipinski definition) is 3. The fourth-order valence-electron chi connectivity index (χ4n) is 1.35. The number of methoxy groups -OCH3 is 1. The molecule has 5 nitrogen and oxygen atoms in total. The first kappa shape index (κ1) is 18.0. The molecule has 0 aliphatic carbocycles. The third kappa shape index (κ3) is 8.66. The smallest absolute Gasteiger partial charge is 0.191 e. The third-order valence-corrected chi connectivity index (χ3v) is 2.22. The lowest BCUT2D eigenvalue weighted by Gasteiger charge is -2.10. The van der Waals surface area contributed by atoms with E-state index < -0.39 is 0 Å². The largest absolute Gasteiger partial charge is 0.469 e. The fraction of sp³-hybridized carbons (Fsp3) is 0.462. The zero-order valence-corrected chi connectivity index (χ0v) is 13.6. The van der Waals surface area contributed by atoms with Gasteiger partial charge in [0.1, 0.15) is 5.76 Å². The van der Waals surface area contributed by atoms with Crippen molar-refractivity contribution in [1.82, 2.24) is 10.6 Å². The Balaban J connectivity index is 0.00000324. The first-order valence-corrected chi connectivity index (χ1v) is 6.01. The van der Waals surface area contributed by atoms with E-state index in [-0.39, 0.29) is 24.0 Å². The molecule has 0 bridgehead atoms. The number of furan rings is 1. The average Bonchev–Trinajstić information content (AvgIpc) is 2.88. The molecule has 0 atom stereocenters. The van der Waals surface area contributed by atoms with E-state index in [2.05, 4.69) is 22.2 Å². The van der Waals surface area contributed by atoms with Crippen LogP contribution in [-0.2, 0) is 11.2 Å². The Hall–Kier alpha value is -1.02. The Morgan fingerprint density at radius 1 is 1.53 bits per heavy atom. The highest BCUT2D eigenvalue weighted by atomic mass is 127. The minimum absolute atomic E-state index is 0. The van der Waals surface area contributed by atoms with Crippen molar-refractivity contribution < 1.29 is 9.15 Å². The Bertz CT molecular complexity index is 353. The maximum Gasteiger partial charge on any atom is 0.191 e. The molecule has 0 fully saturated rings. The molecule has 0 amide bonds. The number of hydrogen-bond donors (Lipinski definition) is 2. The van der Waals surface area contributed by atoms with E-state index >= 15 is 0 Å². The van der Waals surface area contributed by atoms with Gasteiger partial charge in [0, 0.05) is 26.6 Å². The second kappa shape index (κ2) is 12.0. The van der Waals surface area contributed by atoms with Gasteiger partial charge >= 0.3 is 0 Å². The van der Waals surface area contributed by atoms with E-state index in [0.29, 0.717) is 19.7 Å². The zero-order valence-electron chi connectivity index (χ0n) is 11.2. The van der Waals surface area contributed by atoms with Crippen molar-refractivity contribution in [3.8, 4) is 0 Å². The molecule has 0 unspecified atom stereocenters. The summed E-state index contributed by atoms with van der Waals surface area (Å²) >= 11 is 0. The molecule has 1 rings (SSSR count). The molecule has 108 valence electrons. The highest BCUT2D eigenvalue weighted by Crippen LogP contribution is 1.99. The average molecular weight is 379 g/mol. The van der Waals surface area contributed by atoms with Crippen molar-refractivity contribution >= 4 is 29.9 Å². The van der Waals surface area contributed by atoms with Gasteiger partial charge in [0.15, 0.2) is 5.96 Å². The van der Waals surface area contributed by atoms with Crippen LogP contribution < -0.4 is 10.6 Å². The first-order chi connectivity index (χ1) is 8.86. The molecule has 0 radical (unpaired) electrons. The number of nitrogens with one attached hydrogen (secondary N) is 2. The maximum atomic E-state index is 5.26. The van der Waals surface area contributed by atoms with Crippen LogP contribution in [0.5, 0.6) is 0 Å². The maximum absolute atomic E-state index is 5.26. The molecule has 0 aliphatic heterocycles. The molecule has 1 heterocycles. The third-order valence-electron chi connectivity index (χ3n) is 2.22. The van der Waals surface area contributed by atoms with Crippen LogP contribution in [0, 0.1) is 0 Å². The van der Waals surface area contributed by atoms with Crippen LogP contribution in [0.2, 0.25) is 0 Å². The van der Waals surface area contributed by atoms with E-state index in [9.17, 15) is 0 Å². The summed E-state index contributed by atoms with van der Waals surface area (Å²) in [4.78, 5) is 4.36. The Labute approximate surface area is 131 Å². The van der Waals surface area contributed by atoms with Gasteiger partial charge in [-0.15, -0.1) is 30.6 Å². The van der Waals surface area contributed by atoms with E-state index in [1.54, 1.807) is 19.4 Å². The number of guanidine groups is 1. The van der Waals surface area contributed by atoms with Gasteiger partial charge in [0.25, 0.3) is 0 Å². The number of rotatable bonds is 8. The molecule has 1 aromatic heterocycles. The number of halogens is 1. The Morgan fingerprint density at radius 3 is 3.00 bits per heavy atom. The summed E-state index contributed by atoms with van der Waals surface area (Å²) in [7, 11) is 1.66. The molecule has 19 heavy (non-hydrogen) atoms. The van der Waals surface area contributed by atoms with Crippen molar-refractivity contribution in [3.63, 3.8) is 0 Å². The van der Waals surface area contributed by atoms with Gasteiger partial charge in [-0.2, -0.15) is 0 Å². The molecule has 0 saturated heterocycles. The van der Waals surface area contributed by atoms with Gasteiger partial charge in [-0.3, -0.25) is 4.99 Å². The van der Waals surface area contributed by atoms with E-state index in [0.717, 1.165) is 24.7 Å². The fourth-order valence-corrected chi connectivity index (χ4v) is 1.35. The highest BCUT2D eigenvalue weighted by Gasteiger charge is 1.98. The second-order valence-electron chi connectivity index (χ2n) is 3.65. The molecule has 1 aromatic rings. The van der Waals surface area contributed by atoms with Crippen molar-refractivity contribution in [1.29, 1.82) is 0 Å². The van der Waals surface area contributed by atoms with Gasteiger partial charge in [-0.1, -0.05) is 6.08 Å². The van der Waals surface area contributed by atoms with Crippen LogP contribution in [0.25, 0.3) is 0 Å². The molecule has 0 aromatic carbocycles. The van der Waals surface area contributed by atoms with E-state index in [4.69, 9.17) is 9.15 Å². The van der Waals surface area contributed by atoms with Crippen LogP contribution in [0.3, 0.4) is 0 Å². The zero-order chi connectivity index (χ0) is 13.1. The van der Waals surface area contributed by atoms with Crippen molar-refractivity contribution in [2.24, 2.45) is 4.99 Å². The van der Waals surface area contributed by atoms with Crippen LogP contribution in [0.4, 0.5) is 0 Å². The number of ether oxygens (including phenoxy) is 1. The Morgan fingerprint density at radius 2 is 2.37 bits per heavy atom. The second-order valence-corrected chi connectivity index (χ2v) is 3.65. The predicted octanol–water partition coefficient (Wildman–Crippen LogP) is 1.81. The monoisotopic (exact) mass is 379 g/mol. The quantitative estimate of drug-likeness (QED) is 0.238. The summed E-state index contributed by atoms with van der Waals surface area (Å²) in [6.45, 7) is 6.35. The molecular formula is C13H22IN3O2. The van der Waals surface area contributed by atoms with Crippen molar-refractivity contribution in [2.75, 3.05) is 33.4 Å². The Kier molecular flexibility index (Phi) is 11.4. The summed E-state index contributed by atoms with van der Waals surface area (Å²) in [5.41, 5.74) is 0. The first-order valence-electron chi connectivity index (χ1n) is 6.01. The van der Waals surface area contributed by atoms with E-state index in [1.165, 1.54) is 0 Å².